The number of hydrogen-bond acceptors (Lipinski definition) is 4. The van der Waals surface area contributed by atoms with Gasteiger partial charge < -0.3 is 4.57 Å². The maximum Gasteiger partial charge on any atom is 0.277 e. The molecular formula is C22H19F3N6. The minimum atomic E-state index is -3.45. The maximum atomic E-state index is 13.8. The van der Waals surface area contributed by atoms with Crippen LogP contribution in [-0.2, 0) is 13.6 Å². The van der Waals surface area contributed by atoms with E-state index in [1.54, 1.807) is 12.1 Å². The van der Waals surface area contributed by atoms with Gasteiger partial charge in [0.05, 0.1) is 29.5 Å². The van der Waals surface area contributed by atoms with Crippen LogP contribution in [0.25, 0.3) is 33.4 Å². The second-order valence-corrected chi connectivity index (χ2v) is 7.50. The van der Waals surface area contributed by atoms with Crippen LogP contribution in [0.5, 0.6) is 0 Å². The second kappa shape index (κ2) is 7.54. The predicted molar refractivity (Wildman–Crippen MR) is 110 cm³/mol. The van der Waals surface area contributed by atoms with Crippen LogP contribution < -0.4 is 0 Å². The third-order valence-electron chi connectivity index (χ3n) is 5.23. The van der Waals surface area contributed by atoms with E-state index in [9.17, 15) is 18.4 Å². The van der Waals surface area contributed by atoms with Crippen molar-refractivity contribution in [3.63, 3.8) is 0 Å². The van der Waals surface area contributed by atoms with E-state index < -0.39 is 18.6 Å². The Kier molecular flexibility index (Phi) is 5.01. The number of nitriles is 1. The molecule has 0 saturated carbocycles. The average Bonchev–Trinajstić information content (AvgIpc) is 3.31. The lowest BCUT2D eigenvalue weighted by Crippen LogP contribution is -2.30. The smallest absolute Gasteiger partial charge is 0.277 e. The summed E-state index contributed by atoms with van der Waals surface area (Å²) >= 11 is 0. The molecule has 0 saturated heterocycles. The number of nitrogens with zero attached hydrogens (tertiary/aromatic N) is 6. The number of benzene rings is 1. The first-order valence-corrected chi connectivity index (χ1v) is 9.56. The van der Waals surface area contributed by atoms with Gasteiger partial charge in [0, 0.05) is 36.9 Å². The van der Waals surface area contributed by atoms with Crippen LogP contribution in [-0.4, -0.2) is 36.4 Å². The predicted octanol–water partition coefficient (Wildman–Crippen LogP) is 4.67. The van der Waals surface area contributed by atoms with Crippen molar-refractivity contribution in [2.45, 2.75) is 32.5 Å². The molecule has 4 rings (SSSR count). The molecule has 1 aromatic carbocycles. The van der Waals surface area contributed by atoms with Crippen molar-refractivity contribution in [1.82, 2.24) is 24.3 Å². The molecule has 31 heavy (non-hydrogen) atoms. The largest absolute Gasteiger partial charge is 0.331 e. The molecule has 0 bridgehead atoms. The van der Waals surface area contributed by atoms with Gasteiger partial charge in [-0.3, -0.25) is 4.68 Å². The monoisotopic (exact) mass is 424 g/mol. The molecule has 0 fully saturated rings. The zero-order chi connectivity index (χ0) is 22.3. The molecule has 0 spiro atoms. The van der Waals surface area contributed by atoms with Crippen LogP contribution in [0.15, 0.2) is 42.7 Å². The number of imidazole rings is 1. The van der Waals surface area contributed by atoms with Gasteiger partial charge in [-0.25, -0.2) is 23.1 Å². The van der Waals surface area contributed by atoms with Gasteiger partial charge in [0.2, 0.25) is 0 Å². The number of rotatable bonds is 5. The van der Waals surface area contributed by atoms with Crippen LogP contribution in [0.2, 0.25) is 0 Å². The lowest BCUT2D eigenvalue weighted by atomic mass is 10.0. The summed E-state index contributed by atoms with van der Waals surface area (Å²) in [5.41, 5.74) is 4.48. The normalized spacial score (nSPS) is 12.8. The molecule has 1 unspecified atom stereocenters. The molecule has 158 valence electrons. The Labute approximate surface area is 176 Å². The molecule has 0 aliphatic heterocycles. The van der Waals surface area contributed by atoms with Gasteiger partial charge in [0.1, 0.15) is 17.6 Å². The summed E-state index contributed by atoms with van der Waals surface area (Å²) in [6, 6.07) is 11.0. The van der Waals surface area contributed by atoms with Crippen molar-refractivity contribution in [2.24, 2.45) is 7.05 Å². The van der Waals surface area contributed by atoms with Crippen LogP contribution in [0, 0.1) is 18.3 Å². The molecule has 9 heteroatoms. The first kappa shape index (κ1) is 20.6. The summed E-state index contributed by atoms with van der Waals surface area (Å²) in [5.74, 6) is -2.59. The highest BCUT2D eigenvalue weighted by Gasteiger charge is 2.34. The number of aromatic nitrogens is 5. The highest BCUT2D eigenvalue weighted by molar-refractivity contribution is 5.87. The molecule has 6 nitrogen and oxygen atoms in total. The fourth-order valence-electron chi connectivity index (χ4n) is 3.37. The van der Waals surface area contributed by atoms with Gasteiger partial charge in [0.15, 0.2) is 6.17 Å². The Morgan fingerprint density at radius 1 is 1.16 bits per heavy atom. The topological polar surface area (TPSA) is 72.3 Å². The Balaban J connectivity index is 1.78. The van der Waals surface area contributed by atoms with Gasteiger partial charge in [0.25, 0.3) is 5.92 Å². The Morgan fingerprint density at radius 3 is 2.65 bits per heavy atom. The number of pyridine rings is 1. The summed E-state index contributed by atoms with van der Waals surface area (Å²) in [5, 5.41) is 13.3. The quantitative estimate of drug-likeness (QED) is 0.467. The molecule has 4 aromatic rings. The molecular weight excluding hydrogens is 405 g/mol. The molecule has 0 N–H and O–H groups in total. The molecule has 0 aliphatic rings. The lowest BCUT2D eigenvalue weighted by molar-refractivity contribution is -0.0620. The lowest BCUT2D eigenvalue weighted by Gasteiger charge is -2.15. The third-order valence-corrected chi connectivity index (χ3v) is 5.23. The van der Waals surface area contributed by atoms with Gasteiger partial charge >= 0.3 is 0 Å². The summed E-state index contributed by atoms with van der Waals surface area (Å²) in [6.07, 6.45) is 0.610. The van der Waals surface area contributed by atoms with Gasteiger partial charge in [-0.15, -0.1) is 0 Å². The molecule has 3 heterocycles. The number of hydrogen-bond donors (Lipinski definition) is 0. The zero-order valence-corrected chi connectivity index (χ0v) is 17.1. The molecule has 3 aromatic heterocycles. The molecule has 0 radical (unpaired) electrons. The van der Waals surface area contributed by atoms with Crippen molar-refractivity contribution < 1.29 is 13.2 Å². The van der Waals surface area contributed by atoms with Gasteiger partial charge in [-0.1, -0.05) is 6.07 Å². The number of fused-ring (bicyclic) bond motifs is 1. The van der Waals surface area contributed by atoms with E-state index in [2.05, 4.69) is 15.1 Å². The van der Waals surface area contributed by atoms with Crippen molar-refractivity contribution in [2.75, 3.05) is 0 Å². The standard InChI is InChI=1S/C22H19F3N6/c1-13-28-18-8-14(4-7-19(18)30(13)3)21-17(6-5-16(9-26)29-21)15-10-27-31(11-15)12-20(23)22(2,24)25/h4-8,10-11,20H,12H2,1-3H3. The third kappa shape index (κ3) is 3.89. The second-order valence-electron chi connectivity index (χ2n) is 7.50. The maximum absolute atomic E-state index is 13.8. The SMILES string of the molecule is Cc1nc2cc(-c3nc(C#N)ccc3-c3cnn(CC(F)C(C)(F)F)c3)ccc2n1C. The zero-order valence-electron chi connectivity index (χ0n) is 17.1. The molecule has 0 amide bonds. The summed E-state index contributed by atoms with van der Waals surface area (Å²) < 4.78 is 43.3. The minimum absolute atomic E-state index is 0.234. The van der Waals surface area contributed by atoms with Gasteiger partial charge in [-0.2, -0.15) is 10.4 Å². The summed E-state index contributed by atoms with van der Waals surface area (Å²) in [7, 11) is 1.93. The van der Waals surface area contributed by atoms with Crippen molar-refractivity contribution >= 4 is 11.0 Å². The van der Waals surface area contributed by atoms with E-state index >= 15 is 0 Å². The Hall–Kier alpha value is -3.67. The van der Waals surface area contributed by atoms with Crippen molar-refractivity contribution in [1.29, 1.82) is 5.26 Å². The molecule has 1 atom stereocenters. The van der Waals surface area contributed by atoms with Crippen LogP contribution in [0.3, 0.4) is 0 Å². The summed E-state index contributed by atoms with van der Waals surface area (Å²) in [6.45, 7) is 1.88. The highest BCUT2D eigenvalue weighted by atomic mass is 19.3. The van der Waals surface area contributed by atoms with Crippen molar-refractivity contribution in [3.8, 4) is 28.5 Å². The summed E-state index contributed by atoms with van der Waals surface area (Å²) in [4.78, 5) is 9.00. The number of aryl methyl sites for hydroxylation is 2. The van der Waals surface area contributed by atoms with E-state index in [1.807, 2.05) is 42.8 Å². The Bertz CT molecular complexity index is 1310. The van der Waals surface area contributed by atoms with Crippen LogP contribution >= 0.6 is 0 Å². The van der Waals surface area contributed by atoms with Crippen LogP contribution in [0.1, 0.15) is 18.4 Å². The number of alkyl halides is 3. The number of halogens is 3. The van der Waals surface area contributed by atoms with E-state index in [-0.39, 0.29) is 5.69 Å². The highest BCUT2D eigenvalue weighted by Crippen LogP contribution is 2.33. The molecule has 0 aliphatic carbocycles. The minimum Gasteiger partial charge on any atom is -0.331 e. The fourth-order valence-corrected chi connectivity index (χ4v) is 3.37. The van der Waals surface area contributed by atoms with E-state index in [0.717, 1.165) is 27.1 Å². The van der Waals surface area contributed by atoms with Crippen molar-refractivity contribution in [3.05, 3.63) is 54.2 Å². The van der Waals surface area contributed by atoms with E-state index in [0.29, 0.717) is 23.7 Å². The van der Waals surface area contributed by atoms with E-state index in [4.69, 9.17) is 0 Å². The fraction of sp³-hybridized carbons (Fsp3) is 0.273. The average molecular weight is 424 g/mol. The first-order chi connectivity index (χ1) is 14.7. The first-order valence-electron chi connectivity index (χ1n) is 9.56. The van der Waals surface area contributed by atoms with Crippen LogP contribution in [0.4, 0.5) is 13.2 Å². The Morgan fingerprint density at radius 2 is 1.94 bits per heavy atom. The van der Waals surface area contributed by atoms with E-state index in [1.165, 1.54) is 12.4 Å². The van der Waals surface area contributed by atoms with Gasteiger partial charge in [-0.05, 0) is 31.2 Å².